The van der Waals surface area contributed by atoms with E-state index in [4.69, 9.17) is 5.73 Å². The minimum absolute atomic E-state index is 0.0251. The number of carbonyl (C=O) groups excluding carboxylic acids is 1. The maximum absolute atomic E-state index is 13.1. The molecule has 1 fully saturated rings. The van der Waals surface area contributed by atoms with Crippen LogP contribution in [-0.4, -0.2) is 39.2 Å². The summed E-state index contributed by atoms with van der Waals surface area (Å²) >= 11 is 0. The molecular formula is C18H23FN4O. The third-order valence-electron chi connectivity index (χ3n) is 4.73. The number of hydrogen-bond acceptors (Lipinski definition) is 3. The fourth-order valence-corrected chi connectivity index (χ4v) is 3.37. The summed E-state index contributed by atoms with van der Waals surface area (Å²) in [4.78, 5) is 14.9. The Kier molecular flexibility index (Phi) is 4.66. The van der Waals surface area contributed by atoms with E-state index in [2.05, 4.69) is 5.10 Å². The van der Waals surface area contributed by atoms with Crippen LogP contribution in [0.1, 0.15) is 42.2 Å². The average Bonchev–Trinajstić information content (AvgIpc) is 2.96. The smallest absolute Gasteiger partial charge is 0.257 e. The van der Waals surface area contributed by atoms with Gasteiger partial charge in [-0.2, -0.15) is 5.10 Å². The Bertz CT molecular complexity index is 723. The SMILES string of the molecule is Cc1c(C(=O)N2CCCC[C@@H]2[C@H](C)N)cnn1-c1ccc(F)cc1. The molecule has 1 aromatic carbocycles. The van der Waals surface area contributed by atoms with Crippen molar-refractivity contribution in [2.75, 3.05) is 6.54 Å². The molecule has 1 aliphatic heterocycles. The third-order valence-corrected chi connectivity index (χ3v) is 4.73. The zero-order valence-electron chi connectivity index (χ0n) is 14.1. The molecule has 2 N–H and O–H groups in total. The quantitative estimate of drug-likeness (QED) is 0.941. The van der Waals surface area contributed by atoms with Crippen molar-refractivity contribution in [2.24, 2.45) is 5.73 Å². The molecule has 0 saturated carbocycles. The van der Waals surface area contributed by atoms with E-state index in [1.54, 1.807) is 23.0 Å². The van der Waals surface area contributed by atoms with Gasteiger partial charge >= 0.3 is 0 Å². The summed E-state index contributed by atoms with van der Waals surface area (Å²) in [6.07, 6.45) is 4.63. The number of piperidine rings is 1. The predicted octanol–water partition coefficient (Wildman–Crippen LogP) is 2.66. The van der Waals surface area contributed by atoms with Gasteiger partial charge in [-0.1, -0.05) is 0 Å². The fraction of sp³-hybridized carbons (Fsp3) is 0.444. The summed E-state index contributed by atoms with van der Waals surface area (Å²) in [6.45, 7) is 4.53. The molecule has 2 heterocycles. The molecule has 1 aliphatic rings. The molecule has 0 bridgehead atoms. The topological polar surface area (TPSA) is 64.2 Å². The first-order valence-electron chi connectivity index (χ1n) is 8.36. The van der Waals surface area contributed by atoms with Gasteiger partial charge in [0.2, 0.25) is 0 Å². The van der Waals surface area contributed by atoms with E-state index in [0.29, 0.717) is 5.56 Å². The average molecular weight is 330 g/mol. The van der Waals surface area contributed by atoms with Crippen LogP contribution >= 0.6 is 0 Å². The van der Waals surface area contributed by atoms with Crippen LogP contribution < -0.4 is 5.73 Å². The number of halogens is 1. The summed E-state index contributed by atoms with van der Waals surface area (Å²) in [5, 5.41) is 4.32. The van der Waals surface area contributed by atoms with Gasteiger partial charge in [0, 0.05) is 18.6 Å². The minimum Gasteiger partial charge on any atom is -0.334 e. The van der Waals surface area contributed by atoms with Crippen LogP contribution in [-0.2, 0) is 0 Å². The Hall–Kier alpha value is -2.21. The lowest BCUT2D eigenvalue weighted by molar-refractivity contribution is 0.0583. The van der Waals surface area contributed by atoms with Crippen molar-refractivity contribution >= 4 is 5.91 Å². The summed E-state index contributed by atoms with van der Waals surface area (Å²) < 4.78 is 14.8. The van der Waals surface area contributed by atoms with Gasteiger partial charge in [-0.3, -0.25) is 4.79 Å². The van der Waals surface area contributed by atoms with Crippen molar-refractivity contribution in [3.63, 3.8) is 0 Å². The number of hydrogen-bond donors (Lipinski definition) is 1. The highest BCUT2D eigenvalue weighted by atomic mass is 19.1. The summed E-state index contributed by atoms with van der Waals surface area (Å²) in [7, 11) is 0. The van der Waals surface area contributed by atoms with Gasteiger partial charge in [-0.05, 0) is 57.4 Å². The molecular weight excluding hydrogens is 307 g/mol. The first kappa shape index (κ1) is 16.6. The van der Waals surface area contributed by atoms with E-state index < -0.39 is 0 Å². The molecule has 5 nitrogen and oxygen atoms in total. The van der Waals surface area contributed by atoms with E-state index in [1.807, 2.05) is 18.7 Å². The van der Waals surface area contributed by atoms with Gasteiger partial charge in [0.1, 0.15) is 5.82 Å². The van der Waals surface area contributed by atoms with Crippen molar-refractivity contribution in [1.82, 2.24) is 14.7 Å². The number of benzene rings is 1. The maximum atomic E-state index is 13.1. The van der Waals surface area contributed by atoms with E-state index >= 15 is 0 Å². The van der Waals surface area contributed by atoms with Crippen LogP contribution in [0.3, 0.4) is 0 Å². The van der Waals surface area contributed by atoms with Crippen molar-refractivity contribution in [3.05, 3.63) is 47.5 Å². The highest BCUT2D eigenvalue weighted by Crippen LogP contribution is 2.23. The zero-order chi connectivity index (χ0) is 17.3. The Morgan fingerprint density at radius 2 is 2.04 bits per heavy atom. The molecule has 2 aromatic rings. The minimum atomic E-state index is -0.298. The molecule has 0 aliphatic carbocycles. The molecule has 0 radical (unpaired) electrons. The highest BCUT2D eigenvalue weighted by molar-refractivity contribution is 5.95. The first-order valence-corrected chi connectivity index (χ1v) is 8.36. The summed E-state index contributed by atoms with van der Waals surface area (Å²) in [5.41, 5.74) is 8.13. The second kappa shape index (κ2) is 6.73. The Morgan fingerprint density at radius 3 is 2.71 bits per heavy atom. The first-order chi connectivity index (χ1) is 11.5. The molecule has 128 valence electrons. The maximum Gasteiger partial charge on any atom is 0.257 e. The third kappa shape index (κ3) is 3.06. The van der Waals surface area contributed by atoms with Crippen molar-refractivity contribution in [3.8, 4) is 5.69 Å². The Balaban J connectivity index is 1.89. The molecule has 0 unspecified atom stereocenters. The van der Waals surface area contributed by atoms with Gasteiger partial charge in [-0.25, -0.2) is 9.07 Å². The molecule has 24 heavy (non-hydrogen) atoms. The van der Waals surface area contributed by atoms with E-state index in [9.17, 15) is 9.18 Å². The summed E-state index contributed by atoms with van der Waals surface area (Å²) in [6, 6.07) is 6.08. The van der Waals surface area contributed by atoms with Crippen molar-refractivity contribution in [2.45, 2.75) is 45.2 Å². The molecule has 0 spiro atoms. The van der Waals surface area contributed by atoms with Gasteiger partial charge < -0.3 is 10.6 Å². The van der Waals surface area contributed by atoms with Gasteiger partial charge in [-0.15, -0.1) is 0 Å². The monoisotopic (exact) mass is 330 g/mol. The largest absolute Gasteiger partial charge is 0.334 e. The van der Waals surface area contributed by atoms with Crippen LogP contribution in [0.15, 0.2) is 30.5 Å². The van der Waals surface area contributed by atoms with Crippen LogP contribution in [0, 0.1) is 12.7 Å². The normalized spacial score (nSPS) is 19.3. The number of aromatic nitrogens is 2. The molecule has 1 saturated heterocycles. The van der Waals surface area contributed by atoms with Crippen LogP contribution in [0.25, 0.3) is 5.69 Å². The standard InChI is InChI=1S/C18H23FN4O/c1-12(20)17-5-3-4-10-22(17)18(24)16-11-21-23(13(16)2)15-8-6-14(19)7-9-15/h6-9,11-12,17H,3-5,10,20H2,1-2H3/t12-,17+/m0/s1. The number of rotatable bonds is 3. The molecule has 1 amide bonds. The number of likely N-dealkylation sites (tertiary alicyclic amines) is 1. The highest BCUT2D eigenvalue weighted by Gasteiger charge is 2.31. The van der Waals surface area contributed by atoms with E-state index in [0.717, 1.165) is 37.2 Å². The van der Waals surface area contributed by atoms with Crippen LogP contribution in [0.4, 0.5) is 4.39 Å². The van der Waals surface area contributed by atoms with Crippen LogP contribution in [0.2, 0.25) is 0 Å². The molecule has 1 aromatic heterocycles. The lowest BCUT2D eigenvalue weighted by Gasteiger charge is -2.38. The van der Waals surface area contributed by atoms with Crippen molar-refractivity contribution in [1.29, 1.82) is 0 Å². The van der Waals surface area contributed by atoms with E-state index in [-0.39, 0.29) is 23.8 Å². The molecule has 6 heteroatoms. The van der Waals surface area contributed by atoms with Crippen LogP contribution in [0.5, 0.6) is 0 Å². The second-order valence-corrected chi connectivity index (χ2v) is 6.45. The molecule has 3 rings (SSSR count). The molecule has 2 atom stereocenters. The number of nitrogens with two attached hydrogens (primary N) is 1. The summed E-state index contributed by atoms with van der Waals surface area (Å²) in [5.74, 6) is -0.323. The number of carbonyl (C=O) groups is 1. The van der Waals surface area contributed by atoms with Gasteiger partial charge in [0.15, 0.2) is 0 Å². The van der Waals surface area contributed by atoms with E-state index in [1.165, 1.54) is 12.1 Å². The number of nitrogens with zero attached hydrogens (tertiary/aromatic N) is 3. The van der Waals surface area contributed by atoms with Gasteiger partial charge in [0.25, 0.3) is 5.91 Å². The lowest BCUT2D eigenvalue weighted by Crippen LogP contribution is -2.51. The second-order valence-electron chi connectivity index (χ2n) is 6.45. The van der Waals surface area contributed by atoms with Gasteiger partial charge in [0.05, 0.1) is 23.1 Å². The Morgan fingerprint density at radius 1 is 1.33 bits per heavy atom. The number of amides is 1. The fourth-order valence-electron chi connectivity index (χ4n) is 3.37. The predicted molar refractivity (Wildman–Crippen MR) is 90.6 cm³/mol. The van der Waals surface area contributed by atoms with Crippen molar-refractivity contribution < 1.29 is 9.18 Å². The zero-order valence-corrected chi connectivity index (χ0v) is 14.1. The lowest BCUT2D eigenvalue weighted by atomic mass is 9.96. The Labute approximate surface area is 141 Å².